The number of nitrogens with one attached hydrogen (secondary N) is 1. The van der Waals surface area contributed by atoms with E-state index in [1.807, 2.05) is 54.9 Å². The van der Waals surface area contributed by atoms with Gasteiger partial charge in [-0.15, -0.1) is 0 Å². The van der Waals surface area contributed by atoms with Gasteiger partial charge in [-0.3, -0.25) is 0 Å². The largest absolute Gasteiger partial charge is 0.457 e. The third-order valence-electron chi connectivity index (χ3n) is 4.03. The molecule has 4 rings (SSSR count). The van der Waals surface area contributed by atoms with Gasteiger partial charge in [0, 0.05) is 25.0 Å². The number of nitrogens with zero attached hydrogens (tertiary/aromatic N) is 4. The number of hydrogen-bond acceptors (Lipinski definition) is 5. The van der Waals surface area contributed by atoms with Crippen LogP contribution in [0.15, 0.2) is 59.7 Å². The fraction of sp³-hybridized carbons (Fsp3) is 0.105. The Hall–Kier alpha value is -2.93. The molecule has 0 saturated carbocycles. The molecule has 0 amide bonds. The number of ether oxygens (including phenoxy) is 1. The van der Waals surface area contributed by atoms with Crippen LogP contribution in [0.1, 0.15) is 5.56 Å². The average molecular weight is 410 g/mol. The first-order valence-corrected chi connectivity index (χ1v) is 8.81. The van der Waals surface area contributed by atoms with E-state index in [-0.39, 0.29) is 0 Å². The van der Waals surface area contributed by atoms with Crippen LogP contribution >= 0.6 is 15.9 Å². The Balaban J connectivity index is 1.56. The van der Waals surface area contributed by atoms with Crippen molar-refractivity contribution in [1.82, 2.24) is 19.5 Å². The highest BCUT2D eigenvalue weighted by molar-refractivity contribution is 9.10. The Morgan fingerprint density at radius 1 is 1.12 bits per heavy atom. The summed E-state index contributed by atoms with van der Waals surface area (Å²) in [4.78, 5) is 12.5. The second kappa shape index (κ2) is 6.76. The van der Waals surface area contributed by atoms with Crippen molar-refractivity contribution in [2.24, 2.45) is 7.05 Å². The standard InChI is InChI=1S/C19H16BrN5O/c1-12-7-13(24-19-15(20)9-21-10-22-19)3-6-18(12)26-14-4-5-17-16(8-14)23-11-25(17)2/h3-11H,1-2H3,(H,21,22,24). The lowest BCUT2D eigenvalue weighted by atomic mass is 10.2. The Morgan fingerprint density at radius 3 is 2.81 bits per heavy atom. The molecule has 0 aliphatic rings. The maximum absolute atomic E-state index is 6.04. The van der Waals surface area contributed by atoms with E-state index in [4.69, 9.17) is 4.74 Å². The van der Waals surface area contributed by atoms with Crippen molar-refractivity contribution >= 4 is 38.5 Å². The molecule has 4 aromatic rings. The number of benzene rings is 2. The molecule has 2 heterocycles. The molecule has 0 bridgehead atoms. The zero-order chi connectivity index (χ0) is 18.1. The Bertz CT molecular complexity index is 1090. The third-order valence-corrected chi connectivity index (χ3v) is 4.61. The second-order valence-corrected chi connectivity index (χ2v) is 6.79. The molecule has 6 nitrogen and oxygen atoms in total. The van der Waals surface area contributed by atoms with E-state index >= 15 is 0 Å². The summed E-state index contributed by atoms with van der Waals surface area (Å²) >= 11 is 3.43. The van der Waals surface area contributed by atoms with Crippen molar-refractivity contribution in [1.29, 1.82) is 0 Å². The molecule has 2 aromatic carbocycles. The van der Waals surface area contributed by atoms with Gasteiger partial charge in [0.15, 0.2) is 0 Å². The first-order chi connectivity index (χ1) is 12.6. The average Bonchev–Trinajstić information content (AvgIpc) is 3.00. The Kier molecular flexibility index (Phi) is 4.30. The van der Waals surface area contributed by atoms with Gasteiger partial charge in [0.25, 0.3) is 0 Å². The number of halogens is 1. The van der Waals surface area contributed by atoms with E-state index in [1.54, 1.807) is 12.5 Å². The fourth-order valence-electron chi connectivity index (χ4n) is 2.69. The number of aryl methyl sites for hydroxylation is 2. The lowest BCUT2D eigenvalue weighted by molar-refractivity contribution is 0.479. The monoisotopic (exact) mass is 409 g/mol. The number of aromatic nitrogens is 4. The second-order valence-electron chi connectivity index (χ2n) is 5.93. The first kappa shape index (κ1) is 16.5. The molecule has 7 heteroatoms. The summed E-state index contributed by atoms with van der Waals surface area (Å²) in [6, 6.07) is 11.8. The maximum atomic E-state index is 6.04. The molecular weight excluding hydrogens is 394 g/mol. The highest BCUT2D eigenvalue weighted by Gasteiger charge is 2.07. The highest BCUT2D eigenvalue weighted by Crippen LogP contribution is 2.30. The molecule has 0 radical (unpaired) electrons. The van der Waals surface area contributed by atoms with Gasteiger partial charge in [0.05, 0.1) is 21.8 Å². The molecule has 0 spiro atoms. The zero-order valence-electron chi connectivity index (χ0n) is 14.3. The quantitative estimate of drug-likeness (QED) is 0.515. The van der Waals surface area contributed by atoms with Crippen LogP contribution in [0.4, 0.5) is 11.5 Å². The van der Waals surface area contributed by atoms with Crippen LogP contribution in [0.25, 0.3) is 11.0 Å². The predicted molar refractivity (Wildman–Crippen MR) is 105 cm³/mol. The van der Waals surface area contributed by atoms with Gasteiger partial charge < -0.3 is 14.6 Å². The fourth-order valence-corrected chi connectivity index (χ4v) is 3.01. The summed E-state index contributed by atoms with van der Waals surface area (Å²) in [7, 11) is 1.97. The first-order valence-electron chi connectivity index (χ1n) is 8.02. The van der Waals surface area contributed by atoms with Crippen molar-refractivity contribution in [2.45, 2.75) is 6.92 Å². The smallest absolute Gasteiger partial charge is 0.148 e. The highest BCUT2D eigenvalue weighted by atomic mass is 79.9. The van der Waals surface area contributed by atoms with Crippen molar-refractivity contribution in [2.75, 3.05) is 5.32 Å². The van der Waals surface area contributed by atoms with Gasteiger partial charge in [0.1, 0.15) is 23.6 Å². The van der Waals surface area contributed by atoms with Crippen LogP contribution in [-0.2, 0) is 7.05 Å². The van der Waals surface area contributed by atoms with Crippen LogP contribution in [-0.4, -0.2) is 19.5 Å². The molecule has 0 atom stereocenters. The summed E-state index contributed by atoms with van der Waals surface area (Å²) in [6.45, 7) is 2.01. The number of rotatable bonds is 4. The summed E-state index contributed by atoms with van der Waals surface area (Å²) in [6.07, 6.45) is 5.00. The van der Waals surface area contributed by atoms with E-state index in [1.165, 1.54) is 6.33 Å². The minimum Gasteiger partial charge on any atom is -0.457 e. The van der Waals surface area contributed by atoms with E-state index in [0.717, 1.165) is 38.3 Å². The van der Waals surface area contributed by atoms with Gasteiger partial charge in [-0.25, -0.2) is 15.0 Å². The van der Waals surface area contributed by atoms with Gasteiger partial charge in [-0.05, 0) is 58.7 Å². The third kappa shape index (κ3) is 3.25. The summed E-state index contributed by atoms with van der Waals surface area (Å²) in [5.74, 6) is 2.28. The van der Waals surface area contributed by atoms with Crippen molar-refractivity contribution in [3.8, 4) is 11.5 Å². The Morgan fingerprint density at radius 2 is 2.00 bits per heavy atom. The van der Waals surface area contributed by atoms with Crippen molar-refractivity contribution in [3.05, 3.63) is 65.3 Å². The molecule has 0 aliphatic carbocycles. The minimum atomic E-state index is 0.716. The minimum absolute atomic E-state index is 0.716. The van der Waals surface area contributed by atoms with E-state index < -0.39 is 0 Å². The number of hydrogen-bond donors (Lipinski definition) is 1. The summed E-state index contributed by atoms with van der Waals surface area (Å²) in [5.41, 5.74) is 3.93. The van der Waals surface area contributed by atoms with Crippen LogP contribution in [0, 0.1) is 6.92 Å². The Labute approximate surface area is 159 Å². The molecular formula is C19H16BrN5O. The SMILES string of the molecule is Cc1cc(Nc2ncncc2Br)ccc1Oc1ccc2c(c1)ncn2C. The van der Waals surface area contributed by atoms with Gasteiger partial charge >= 0.3 is 0 Å². The normalized spacial score (nSPS) is 10.9. The van der Waals surface area contributed by atoms with Crippen molar-refractivity contribution < 1.29 is 4.74 Å². The zero-order valence-corrected chi connectivity index (χ0v) is 15.9. The summed E-state index contributed by atoms with van der Waals surface area (Å²) in [5, 5.41) is 3.26. The molecule has 0 aliphatic heterocycles. The molecule has 2 aromatic heterocycles. The lowest BCUT2D eigenvalue weighted by Crippen LogP contribution is -1.96. The van der Waals surface area contributed by atoms with Crippen molar-refractivity contribution in [3.63, 3.8) is 0 Å². The maximum Gasteiger partial charge on any atom is 0.148 e. The van der Waals surface area contributed by atoms with Gasteiger partial charge in [0.2, 0.25) is 0 Å². The van der Waals surface area contributed by atoms with E-state index in [0.29, 0.717) is 5.82 Å². The molecule has 1 N–H and O–H groups in total. The van der Waals surface area contributed by atoms with Gasteiger partial charge in [-0.1, -0.05) is 0 Å². The van der Waals surface area contributed by atoms with E-state index in [9.17, 15) is 0 Å². The molecule has 26 heavy (non-hydrogen) atoms. The van der Waals surface area contributed by atoms with Crippen LogP contribution in [0.5, 0.6) is 11.5 Å². The van der Waals surface area contributed by atoms with Gasteiger partial charge in [-0.2, -0.15) is 0 Å². The number of anilines is 2. The number of fused-ring (bicyclic) bond motifs is 1. The van der Waals surface area contributed by atoms with Crippen LogP contribution < -0.4 is 10.1 Å². The van der Waals surface area contributed by atoms with Crippen LogP contribution in [0.3, 0.4) is 0 Å². The lowest BCUT2D eigenvalue weighted by Gasteiger charge is -2.12. The molecule has 130 valence electrons. The van der Waals surface area contributed by atoms with E-state index in [2.05, 4.69) is 36.2 Å². The topological polar surface area (TPSA) is 64.9 Å². The van der Waals surface area contributed by atoms with Crippen LogP contribution in [0.2, 0.25) is 0 Å². The molecule has 0 saturated heterocycles. The number of imidazole rings is 1. The summed E-state index contributed by atoms with van der Waals surface area (Å²) < 4.78 is 8.83. The predicted octanol–water partition coefficient (Wildman–Crippen LogP) is 4.97. The molecule has 0 unspecified atom stereocenters. The molecule has 0 fully saturated rings.